The van der Waals surface area contributed by atoms with Gasteiger partial charge in [-0.1, -0.05) is 19.1 Å². The van der Waals surface area contributed by atoms with E-state index in [1.54, 1.807) is 0 Å². The summed E-state index contributed by atoms with van der Waals surface area (Å²) in [4.78, 5) is 13.5. The third kappa shape index (κ3) is 3.78. The van der Waals surface area contributed by atoms with Crippen LogP contribution in [0.3, 0.4) is 0 Å². The van der Waals surface area contributed by atoms with Crippen LogP contribution in [0.25, 0.3) is 0 Å². The molecule has 0 unspecified atom stereocenters. The monoisotopic (exact) mass is 263 g/mol. The fraction of sp³-hybridized carbons (Fsp3) is 0.533. The zero-order valence-electron chi connectivity index (χ0n) is 11.7. The molecule has 0 aromatic heterocycles. The molecule has 1 atom stereocenters. The lowest BCUT2D eigenvalue weighted by Gasteiger charge is -2.28. The van der Waals surface area contributed by atoms with Crippen LogP contribution in [0.5, 0.6) is 0 Å². The number of rotatable bonds is 4. The lowest BCUT2D eigenvalue weighted by Crippen LogP contribution is -3.18. The first-order chi connectivity index (χ1) is 9.20. The van der Waals surface area contributed by atoms with Gasteiger partial charge in [-0.3, -0.25) is 4.79 Å². The molecule has 0 bridgehead atoms. The maximum absolute atomic E-state index is 12.2. The molecular formula is C15H23N2O2+. The molecule has 0 aliphatic carbocycles. The van der Waals surface area contributed by atoms with Crippen LogP contribution < -0.4 is 10.2 Å². The molecule has 1 aromatic rings. The van der Waals surface area contributed by atoms with Crippen molar-refractivity contribution in [2.45, 2.75) is 26.3 Å². The molecular weight excluding hydrogens is 240 g/mol. The number of hydrogen-bond donors (Lipinski definition) is 2. The van der Waals surface area contributed by atoms with E-state index in [1.165, 1.54) is 10.5 Å². The van der Waals surface area contributed by atoms with Crippen LogP contribution in [-0.2, 0) is 16.0 Å². The highest BCUT2D eigenvalue weighted by Gasteiger charge is 2.26. The largest absolute Gasteiger partial charge is 0.370 e. The van der Waals surface area contributed by atoms with E-state index in [2.05, 4.69) is 24.4 Å². The second-order valence-corrected chi connectivity index (χ2v) is 5.03. The standard InChI is InChI=1S/C15H22N2O2/c1-3-13-4-6-14(7-5-13)16-15(18)12(2)17-8-10-19-11-9-17/h4-7,12H,3,8-11H2,1-2H3,(H,16,18)/p+1/t12-/m0/s1. The Hall–Kier alpha value is -1.39. The number of morpholine rings is 1. The first-order valence-corrected chi connectivity index (χ1v) is 7.03. The lowest BCUT2D eigenvalue weighted by molar-refractivity contribution is -0.921. The average molecular weight is 263 g/mol. The van der Waals surface area contributed by atoms with Crippen LogP contribution in [0.2, 0.25) is 0 Å². The molecule has 2 rings (SSSR count). The molecule has 1 heterocycles. The summed E-state index contributed by atoms with van der Waals surface area (Å²) in [5.41, 5.74) is 2.16. The van der Waals surface area contributed by atoms with Crippen molar-refractivity contribution in [2.75, 3.05) is 31.6 Å². The highest BCUT2D eigenvalue weighted by molar-refractivity contribution is 5.93. The summed E-state index contributed by atoms with van der Waals surface area (Å²) in [7, 11) is 0. The van der Waals surface area contributed by atoms with Crippen molar-refractivity contribution < 1.29 is 14.4 Å². The Kier molecular flexibility index (Phi) is 4.93. The van der Waals surface area contributed by atoms with Crippen LogP contribution in [0, 0.1) is 0 Å². The van der Waals surface area contributed by atoms with Crippen LogP contribution in [-0.4, -0.2) is 38.3 Å². The first-order valence-electron chi connectivity index (χ1n) is 7.03. The van der Waals surface area contributed by atoms with Gasteiger partial charge in [0.05, 0.1) is 13.2 Å². The molecule has 0 radical (unpaired) electrons. The van der Waals surface area contributed by atoms with Crippen molar-refractivity contribution in [1.29, 1.82) is 0 Å². The van der Waals surface area contributed by atoms with Gasteiger partial charge >= 0.3 is 0 Å². The minimum atomic E-state index is -0.0326. The van der Waals surface area contributed by atoms with Gasteiger partial charge in [0.1, 0.15) is 13.1 Å². The molecule has 1 aliphatic heterocycles. The summed E-state index contributed by atoms with van der Waals surface area (Å²) in [5.74, 6) is 0.0844. The topological polar surface area (TPSA) is 42.8 Å². The quantitative estimate of drug-likeness (QED) is 0.830. The Morgan fingerprint density at radius 2 is 1.95 bits per heavy atom. The Morgan fingerprint density at radius 1 is 1.32 bits per heavy atom. The number of benzene rings is 1. The maximum atomic E-state index is 12.2. The minimum absolute atomic E-state index is 0.0326. The summed E-state index contributed by atoms with van der Waals surface area (Å²) in [5, 5.41) is 2.99. The zero-order valence-corrected chi connectivity index (χ0v) is 11.7. The molecule has 1 fully saturated rings. The predicted molar refractivity (Wildman–Crippen MR) is 75.4 cm³/mol. The number of amides is 1. The van der Waals surface area contributed by atoms with E-state index < -0.39 is 0 Å². The van der Waals surface area contributed by atoms with Crippen LogP contribution >= 0.6 is 0 Å². The molecule has 0 saturated carbocycles. The predicted octanol–water partition coefficient (Wildman–Crippen LogP) is 0.491. The number of hydrogen-bond acceptors (Lipinski definition) is 2. The molecule has 4 nitrogen and oxygen atoms in total. The van der Waals surface area contributed by atoms with Gasteiger partial charge in [-0.15, -0.1) is 0 Å². The summed E-state index contributed by atoms with van der Waals surface area (Å²) < 4.78 is 5.32. The van der Waals surface area contributed by atoms with E-state index in [1.807, 2.05) is 19.1 Å². The summed E-state index contributed by atoms with van der Waals surface area (Å²) in [6, 6.07) is 8.02. The normalized spacial score (nSPS) is 18.0. The van der Waals surface area contributed by atoms with Crippen LogP contribution in [0.15, 0.2) is 24.3 Å². The van der Waals surface area contributed by atoms with Crippen LogP contribution in [0.4, 0.5) is 5.69 Å². The molecule has 4 heteroatoms. The van der Waals surface area contributed by atoms with E-state index >= 15 is 0 Å². The third-order valence-electron chi connectivity index (χ3n) is 3.77. The Labute approximate surface area is 114 Å². The SMILES string of the molecule is CCc1ccc(NC(=O)[C@H](C)[NH+]2CCOCC2)cc1. The van der Waals surface area contributed by atoms with Gasteiger partial charge < -0.3 is 15.0 Å². The minimum Gasteiger partial charge on any atom is -0.370 e. The summed E-state index contributed by atoms with van der Waals surface area (Å²) >= 11 is 0. The summed E-state index contributed by atoms with van der Waals surface area (Å²) in [6.07, 6.45) is 1.02. The van der Waals surface area contributed by atoms with Gasteiger partial charge in [-0.05, 0) is 31.0 Å². The van der Waals surface area contributed by atoms with Gasteiger partial charge in [-0.25, -0.2) is 0 Å². The number of aryl methyl sites for hydroxylation is 1. The molecule has 19 heavy (non-hydrogen) atoms. The van der Waals surface area contributed by atoms with Gasteiger partial charge in [0, 0.05) is 5.69 Å². The fourth-order valence-electron chi connectivity index (χ4n) is 2.33. The van der Waals surface area contributed by atoms with Gasteiger partial charge in [0.15, 0.2) is 6.04 Å². The Balaban J connectivity index is 1.91. The van der Waals surface area contributed by atoms with Crippen molar-refractivity contribution in [3.05, 3.63) is 29.8 Å². The van der Waals surface area contributed by atoms with Gasteiger partial charge in [0.25, 0.3) is 5.91 Å². The Bertz CT molecular complexity index is 411. The number of nitrogens with one attached hydrogen (secondary N) is 2. The smallest absolute Gasteiger partial charge is 0.282 e. The maximum Gasteiger partial charge on any atom is 0.282 e. The first kappa shape index (κ1) is 14.0. The second kappa shape index (κ2) is 6.68. The van der Waals surface area contributed by atoms with E-state index in [-0.39, 0.29) is 11.9 Å². The molecule has 1 aliphatic rings. The number of carbonyl (C=O) groups is 1. The van der Waals surface area contributed by atoms with Crippen LogP contribution in [0.1, 0.15) is 19.4 Å². The van der Waals surface area contributed by atoms with Crippen molar-refractivity contribution in [3.8, 4) is 0 Å². The van der Waals surface area contributed by atoms with E-state index in [9.17, 15) is 4.79 Å². The van der Waals surface area contributed by atoms with E-state index in [0.717, 1.165) is 38.4 Å². The van der Waals surface area contributed by atoms with Crippen molar-refractivity contribution in [2.24, 2.45) is 0 Å². The number of anilines is 1. The third-order valence-corrected chi connectivity index (χ3v) is 3.77. The van der Waals surface area contributed by atoms with E-state index in [0.29, 0.717) is 0 Å². The molecule has 1 saturated heterocycles. The highest BCUT2D eigenvalue weighted by atomic mass is 16.5. The molecule has 104 valence electrons. The average Bonchev–Trinajstić information content (AvgIpc) is 2.48. The second-order valence-electron chi connectivity index (χ2n) is 5.03. The molecule has 1 aromatic carbocycles. The van der Waals surface area contributed by atoms with Gasteiger partial charge in [0.2, 0.25) is 0 Å². The molecule has 2 N–H and O–H groups in total. The fourth-order valence-corrected chi connectivity index (χ4v) is 2.33. The number of carbonyl (C=O) groups excluding carboxylic acids is 1. The zero-order chi connectivity index (χ0) is 13.7. The van der Waals surface area contributed by atoms with Crippen molar-refractivity contribution >= 4 is 11.6 Å². The highest BCUT2D eigenvalue weighted by Crippen LogP contribution is 2.10. The summed E-state index contributed by atoms with van der Waals surface area (Å²) in [6.45, 7) is 7.41. The number of ether oxygens (including phenoxy) is 1. The number of quaternary nitrogens is 1. The molecule has 1 amide bonds. The Morgan fingerprint density at radius 3 is 2.53 bits per heavy atom. The van der Waals surface area contributed by atoms with Crippen molar-refractivity contribution in [1.82, 2.24) is 0 Å². The van der Waals surface area contributed by atoms with E-state index in [4.69, 9.17) is 4.74 Å². The van der Waals surface area contributed by atoms with Crippen molar-refractivity contribution in [3.63, 3.8) is 0 Å². The molecule has 0 spiro atoms. The van der Waals surface area contributed by atoms with Gasteiger partial charge in [-0.2, -0.15) is 0 Å². The lowest BCUT2D eigenvalue weighted by atomic mass is 10.1.